The Morgan fingerprint density at radius 1 is 1.29 bits per heavy atom. The monoisotopic (exact) mass is 264 g/mol. The van der Waals surface area contributed by atoms with Crippen molar-refractivity contribution in [3.63, 3.8) is 0 Å². The first-order chi connectivity index (χ1) is 6.52. The van der Waals surface area contributed by atoms with Crippen molar-refractivity contribution in [2.24, 2.45) is 0 Å². The highest BCUT2D eigenvalue weighted by Gasteiger charge is 2.12. The standard InChI is InChI=1S/C8H5BrF2O.C2H6/c1-4(12)8-6(9)2-5(10)3-7(8)11;1-2/h2-3H,1H3;1-2H3. The van der Waals surface area contributed by atoms with Crippen LogP contribution in [-0.4, -0.2) is 5.78 Å². The van der Waals surface area contributed by atoms with E-state index in [4.69, 9.17) is 0 Å². The SMILES string of the molecule is CC.CC(=O)c1c(F)cc(F)cc1Br. The molecule has 0 aliphatic heterocycles. The molecule has 4 heteroatoms. The zero-order valence-corrected chi connectivity index (χ0v) is 9.78. The molecule has 0 saturated carbocycles. The topological polar surface area (TPSA) is 17.1 Å². The molecule has 0 heterocycles. The number of Topliss-reactive ketones (excluding diaryl/α,β-unsaturated/α-hetero) is 1. The highest BCUT2D eigenvalue weighted by atomic mass is 79.9. The summed E-state index contributed by atoms with van der Waals surface area (Å²) >= 11 is 2.90. The van der Waals surface area contributed by atoms with Gasteiger partial charge < -0.3 is 0 Å². The fraction of sp³-hybridized carbons (Fsp3) is 0.300. The van der Waals surface area contributed by atoms with Crippen molar-refractivity contribution in [2.75, 3.05) is 0 Å². The zero-order valence-electron chi connectivity index (χ0n) is 8.20. The van der Waals surface area contributed by atoms with Gasteiger partial charge in [-0.2, -0.15) is 0 Å². The molecule has 0 fully saturated rings. The largest absolute Gasteiger partial charge is 0.294 e. The number of ketones is 1. The smallest absolute Gasteiger partial charge is 0.163 e. The maximum atomic E-state index is 12.9. The summed E-state index contributed by atoms with van der Waals surface area (Å²) in [5, 5.41) is 0. The van der Waals surface area contributed by atoms with Crippen molar-refractivity contribution in [3.05, 3.63) is 33.8 Å². The molecular weight excluding hydrogens is 254 g/mol. The molecule has 0 saturated heterocycles. The number of hydrogen-bond donors (Lipinski definition) is 0. The first-order valence-corrected chi connectivity index (χ1v) is 4.97. The predicted octanol–water partition coefficient (Wildman–Crippen LogP) is 3.96. The lowest BCUT2D eigenvalue weighted by Gasteiger charge is -2.01. The molecule has 0 N–H and O–H groups in total. The lowest BCUT2D eigenvalue weighted by molar-refractivity contribution is 0.101. The Morgan fingerprint density at radius 3 is 2.14 bits per heavy atom. The summed E-state index contributed by atoms with van der Waals surface area (Å²) in [5.41, 5.74) is -0.114. The predicted molar refractivity (Wildman–Crippen MR) is 55.4 cm³/mol. The van der Waals surface area contributed by atoms with E-state index < -0.39 is 17.4 Å². The molecule has 1 nitrogen and oxygen atoms in total. The van der Waals surface area contributed by atoms with Crippen molar-refractivity contribution in [1.29, 1.82) is 0 Å². The van der Waals surface area contributed by atoms with E-state index in [2.05, 4.69) is 15.9 Å². The summed E-state index contributed by atoms with van der Waals surface area (Å²) in [6, 6.07) is 1.74. The van der Waals surface area contributed by atoms with Crippen LogP contribution < -0.4 is 0 Å². The van der Waals surface area contributed by atoms with E-state index in [1.807, 2.05) is 13.8 Å². The lowest BCUT2D eigenvalue weighted by atomic mass is 10.1. The summed E-state index contributed by atoms with van der Waals surface area (Å²) in [5.74, 6) is -1.97. The third kappa shape index (κ3) is 3.18. The fourth-order valence-corrected chi connectivity index (χ4v) is 1.57. The van der Waals surface area contributed by atoms with Gasteiger partial charge in [0.2, 0.25) is 0 Å². The molecule has 0 aliphatic carbocycles. The first kappa shape index (κ1) is 13.2. The van der Waals surface area contributed by atoms with E-state index in [0.29, 0.717) is 6.07 Å². The van der Waals surface area contributed by atoms with Crippen molar-refractivity contribution in [2.45, 2.75) is 20.8 Å². The number of halogens is 3. The molecule has 1 aromatic carbocycles. The first-order valence-electron chi connectivity index (χ1n) is 4.18. The number of carbonyl (C=O) groups is 1. The Bertz CT molecular complexity index is 314. The average molecular weight is 265 g/mol. The third-order valence-corrected chi connectivity index (χ3v) is 1.98. The zero-order chi connectivity index (χ0) is 11.3. The van der Waals surface area contributed by atoms with Gasteiger partial charge in [-0.1, -0.05) is 13.8 Å². The van der Waals surface area contributed by atoms with Crippen molar-refractivity contribution >= 4 is 21.7 Å². The summed E-state index contributed by atoms with van der Waals surface area (Å²) in [4.78, 5) is 10.8. The summed E-state index contributed by atoms with van der Waals surface area (Å²) in [6.45, 7) is 5.22. The van der Waals surface area contributed by atoms with Crippen molar-refractivity contribution in [1.82, 2.24) is 0 Å². The number of hydrogen-bond acceptors (Lipinski definition) is 1. The van der Waals surface area contributed by atoms with Crippen LogP contribution in [0.3, 0.4) is 0 Å². The fourth-order valence-electron chi connectivity index (χ4n) is 0.879. The Morgan fingerprint density at radius 2 is 1.79 bits per heavy atom. The second kappa shape index (κ2) is 5.86. The molecule has 0 aliphatic rings. The Kier molecular flexibility index (Phi) is 5.53. The van der Waals surface area contributed by atoms with Gasteiger partial charge in [0.05, 0.1) is 5.56 Å². The highest BCUT2D eigenvalue weighted by molar-refractivity contribution is 9.10. The van der Waals surface area contributed by atoms with Crippen LogP contribution >= 0.6 is 15.9 Å². The van der Waals surface area contributed by atoms with Gasteiger partial charge in [0.25, 0.3) is 0 Å². The minimum Gasteiger partial charge on any atom is -0.294 e. The van der Waals surface area contributed by atoms with Crippen LogP contribution in [0, 0.1) is 11.6 Å². The molecule has 0 spiro atoms. The molecule has 0 aromatic heterocycles. The van der Waals surface area contributed by atoms with E-state index in [0.717, 1.165) is 6.07 Å². The van der Waals surface area contributed by atoms with Crippen LogP contribution in [0.15, 0.2) is 16.6 Å². The van der Waals surface area contributed by atoms with E-state index in [1.54, 1.807) is 0 Å². The van der Waals surface area contributed by atoms with Crippen LogP contribution in [0.25, 0.3) is 0 Å². The quantitative estimate of drug-likeness (QED) is 0.702. The van der Waals surface area contributed by atoms with Gasteiger partial charge in [0.15, 0.2) is 5.78 Å². The molecular formula is C10H11BrF2O. The van der Waals surface area contributed by atoms with Gasteiger partial charge in [-0.25, -0.2) is 8.78 Å². The number of rotatable bonds is 1. The molecule has 0 unspecified atom stereocenters. The summed E-state index contributed by atoms with van der Waals surface area (Å²) < 4.78 is 25.5. The molecule has 0 radical (unpaired) electrons. The Hall–Kier alpha value is -0.770. The van der Waals surface area contributed by atoms with E-state index in [-0.39, 0.29) is 10.0 Å². The highest BCUT2D eigenvalue weighted by Crippen LogP contribution is 2.21. The minimum absolute atomic E-state index is 0.114. The number of carbonyl (C=O) groups excluding carboxylic acids is 1. The molecule has 0 atom stereocenters. The number of benzene rings is 1. The normalized spacial score (nSPS) is 9.00. The average Bonchev–Trinajstić information content (AvgIpc) is 2.04. The van der Waals surface area contributed by atoms with Crippen molar-refractivity contribution < 1.29 is 13.6 Å². The van der Waals surface area contributed by atoms with Crippen LogP contribution in [0.4, 0.5) is 8.78 Å². The molecule has 1 rings (SSSR count). The van der Waals surface area contributed by atoms with Gasteiger partial charge in [0, 0.05) is 10.5 Å². The third-order valence-electron chi connectivity index (χ3n) is 1.36. The summed E-state index contributed by atoms with van der Waals surface area (Å²) in [7, 11) is 0. The molecule has 1 aromatic rings. The second-order valence-electron chi connectivity index (χ2n) is 2.30. The van der Waals surface area contributed by atoms with Crippen LogP contribution in [0.5, 0.6) is 0 Å². The maximum absolute atomic E-state index is 12.9. The Balaban J connectivity index is 0.000000791. The van der Waals surface area contributed by atoms with E-state index in [1.165, 1.54) is 6.92 Å². The molecule has 0 amide bonds. The van der Waals surface area contributed by atoms with Crippen LogP contribution in [0.1, 0.15) is 31.1 Å². The van der Waals surface area contributed by atoms with Gasteiger partial charge in [-0.05, 0) is 28.9 Å². The van der Waals surface area contributed by atoms with Gasteiger partial charge in [-0.15, -0.1) is 0 Å². The Labute approximate surface area is 90.3 Å². The molecule has 0 bridgehead atoms. The van der Waals surface area contributed by atoms with Gasteiger partial charge in [0.1, 0.15) is 11.6 Å². The maximum Gasteiger partial charge on any atom is 0.163 e. The molecule has 78 valence electrons. The van der Waals surface area contributed by atoms with Crippen LogP contribution in [-0.2, 0) is 0 Å². The minimum atomic E-state index is -0.839. The van der Waals surface area contributed by atoms with E-state index >= 15 is 0 Å². The summed E-state index contributed by atoms with van der Waals surface area (Å²) in [6.07, 6.45) is 0. The van der Waals surface area contributed by atoms with Crippen molar-refractivity contribution in [3.8, 4) is 0 Å². The lowest BCUT2D eigenvalue weighted by Crippen LogP contribution is -1.99. The van der Waals surface area contributed by atoms with Gasteiger partial charge >= 0.3 is 0 Å². The second-order valence-corrected chi connectivity index (χ2v) is 3.15. The van der Waals surface area contributed by atoms with Gasteiger partial charge in [-0.3, -0.25) is 4.79 Å². The molecule has 14 heavy (non-hydrogen) atoms. The van der Waals surface area contributed by atoms with E-state index in [9.17, 15) is 13.6 Å². The van der Waals surface area contributed by atoms with Crippen LogP contribution in [0.2, 0.25) is 0 Å².